The molecule has 25 heavy (non-hydrogen) atoms. The van der Waals surface area contributed by atoms with E-state index in [0.29, 0.717) is 5.75 Å². The molecular formula is C17H20N2O4S2. The third-order valence-electron chi connectivity index (χ3n) is 4.42. The molecule has 0 saturated carbocycles. The molecule has 134 valence electrons. The summed E-state index contributed by atoms with van der Waals surface area (Å²) in [6, 6.07) is 11.4. The second-order valence-corrected chi connectivity index (χ2v) is 10.1. The first-order valence-electron chi connectivity index (χ1n) is 7.86. The zero-order chi connectivity index (χ0) is 18.2. The molecule has 0 radical (unpaired) electrons. The Hall–Kier alpha value is -1.61. The van der Waals surface area contributed by atoms with E-state index in [9.17, 15) is 13.2 Å². The summed E-state index contributed by atoms with van der Waals surface area (Å²) in [7, 11) is -3.88. The average Bonchev–Trinajstić information content (AvgIpc) is 2.59. The first kappa shape index (κ1) is 18.2. The van der Waals surface area contributed by atoms with Crippen molar-refractivity contribution in [2.24, 2.45) is 0 Å². The molecule has 0 aliphatic carbocycles. The highest BCUT2D eigenvalue weighted by atomic mass is 32.2. The molecule has 6 nitrogen and oxygen atoms in total. The topological polar surface area (TPSA) is 86.7 Å². The molecule has 1 amide bonds. The van der Waals surface area contributed by atoms with Crippen LogP contribution in [-0.2, 0) is 14.8 Å². The third kappa shape index (κ3) is 3.27. The number of hydrogen-bond donors (Lipinski definition) is 2. The quantitative estimate of drug-likeness (QED) is 0.630. The van der Waals surface area contributed by atoms with Crippen molar-refractivity contribution in [2.75, 3.05) is 12.3 Å². The summed E-state index contributed by atoms with van der Waals surface area (Å²) in [6.07, 6.45) is 0. The Kier molecular flexibility index (Phi) is 4.80. The van der Waals surface area contributed by atoms with Gasteiger partial charge in [0.05, 0.1) is 4.90 Å². The van der Waals surface area contributed by atoms with Crippen molar-refractivity contribution in [2.45, 2.75) is 29.5 Å². The van der Waals surface area contributed by atoms with Crippen LogP contribution in [0.5, 0.6) is 0 Å². The molecule has 1 heterocycles. The summed E-state index contributed by atoms with van der Waals surface area (Å²) in [5.74, 6) is -0.142. The maximum atomic E-state index is 13.2. The fraction of sp³-hybridized carbons (Fsp3) is 0.353. The Labute approximate surface area is 151 Å². The van der Waals surface area contributed by atoms with Gasteiger partial charge in [0.15, 0.2) is 0 Å². The number of nitrogens with one attached hydrogen (secondary N) is 1. The predicted octanol–water partition coefficient (Wildman–Crippen LogP) is 2.23. The van der Waals surface area contributed by atoms with E-state index < -0.39 is 26.7 Å². The van der Waals surface area contributed by atoms with Crippen molar-refractivity contribution in [1.29, 1.82) is 0 Å². The van der Waals surface area contributed by atoms with Gasteiger partial charge in [-0.15, -0.1) is 0 Å². The largest absolute Gasteiger partial charge is 0.289 e. The molecule has 1 atom stereocenters. The Morgan fingerprint density at radius 1 is 1.24 bits per heavy atom. The molecule has 0 spiro atoms. The summed E-state index contributed by atoms with van der Waals surface area (Å²) in [5.41, 5.74) is 1.62. The van der Waals surface area contributed by atoms with Gasteiger partial charge in [-0.2, -0.15) is 16.1 Å². The van der Waals surface area contributed by atoms with Gasteiger partial charge in [-0.3, -0.25) is 10.0 Å². The maximum Gasteiger partial charge on any atom is 0.263 e. The number of thioether (sulfide) groups is 1. The van der Waals surface area contributed by atoms with Crippen LogP contribution in [0, 0.1) is 0 Å². The monoisotopic (exact) mass is 380 g/mol. The van der Waals surface area contributed by atoms with Crippen LogP contribution in [0.3, 0.4) is 0 Å². The molecule has 0 unspecified atom stereocenters. The van der Waals surface area contributed by atoms with Gasteiger partial charge in [-0.1, -0.05) is 30.3 Å². The first-order chi connectivity index (χ1) is 11.8. The molecule has 0 aromatic heterocycles. The van der Waals surface area contributed by atoms with Crippen LogP contribution in [0.2, 0.25) is 0 Å². The molecule has 1 aliphatic heterocycles. The van der Waals surface area contributed by atoms with Crippen molar-refractivity contribution in [3.05, 3.63) is 42.5 Å². The van der Waals surface area contributed by atoms with Gasteiger partial charge in [0.2, 0.25) is 10.0 Å². The van der Waals surface area contributed by atoms with Crippen molar-refractivity contribution >= 4 is 38.5 Å². The molecule has 8 heteroatoms. The van der Waals surface area contributed by atoms with Crippen LogP contribution in [0.25, 0.3) is 10.8 Å². The minimum atomic E-state index is -3.88. The molecule has 1 saturated heterocycles. The number of hydroxylamine groups is 1. The van der Waals surface area contributed by atoms with Crippen LogP contribution in [-0.4, -0.2) is 46.9 Å². The molecule has 2 aromatic rings. The van der Waals surface area contributed by atoms with E-state index in [2.05, 4.69) is 0 Å². The minimum absolute atomic E-state index is 0.143. The lowest BCUT2D eigenvalue weighted by Crippen LogP contribution is -2.61. The van der Waals surface area contributed by atoms with E-state index in [1.165, 1.54) is 16.1 Å². The Morgan fingerprint density at radius 3 is 2.60 bits per heavy atom. The third-order valence-corrected chi connectivity index (χ3v) is 7.63. The fourth-order valence-corrected chi connectivity index (χ4v) is 6.33. The summed E-state index contributed by atoms with van der Waals surface area (Å²) in [4.78, 5) is 12.3. The molecular weight excluding hydrogens is 360 g/mol. The lowest BCUT2D eigenvalue weighted by Gasteiger charge is -2.43. The van der Waals surface area contributed by atoms with E-state index in [4.69, 9.17) is 5.21 Å². The van der Waals surface area contributed by atoms with Gasteiger partial charge >= 0.3 is 0 Å². The highest BCUT2D eigenvalue weighted by molar-refractivity contribution is 8.00. The summed E-state index contributed by atoms with van der Waals surface area (Å²) >= 11 is 1.51. The number of carbonyl (C=O) groups excluding carboxylic acids is 1. The van der Waals surface area contributed by atoms with Crippen molar-refractivity contribution in [1.82, 2.24) is 9.79 Å². The number of carbonyl (C=O) groups is 1. The van der Waals surface area contributed by atoms with E-state index in [-0.39, 0.29) is 11.4 Å². The predicted molar refractivity (Wildman–Crippen MR) is 98.1 cm³/mol. The van der Waals surface area contributed by atoms with E-state index in [1.54, 1.807) is 37.5 Å². The van der Waals surface area contributed by atoms with Crippen molar-refractivity contribution in [3.63, 3.8) is 0 Å². The van der Waals surface area contributed by atoms with Crippen LogP contribution in [0.4, 0.5) is 0 Å². The smallest absolute Gasteiger partial charge is 0.263 e. The first-order valence-corrected chi connectivity index (χ1v) is 10.3. The molecule has 0 bridgehead atoms. The highest BCUT2D eigenvalue weighted by Gasteiger charge is 2.48. The molecule has 1 aliphatic rings. The van der Waals surface area contributed by atoms with Crippen molar-refractivity contribution < 1.29 is 18.4 Å². The minimum Gasteiger partial charge on any atom is -0.289 e. The fourth-order valence-electron chi connectivity index (χ4n) is 3.18. The standard InChI is InChI=1S/C17H20N2O4S2/c1-17(2)15(16(20)18-21)19(9-10-24-17)25(22,23)14-8-7-12-5-3-4-6-13(12)11-14/h3-8,11,15,21H,9-10H2,1-2H3,(H,18,20)/t15-/m0/s1. The molecule has 1 fully saturated rings. The van der Waals surface area contributed by atoms with Gasteiger partial charge in [0.1, 0.15) is 6.04 Å². The Bertz CT molecular complexity index is 912. The normalized spacial score (nSPS) is 21.2. The van der Waals surface area contributed by atoms with E-state index in [1.807, 2.05) is 24.3 Å². The van der Waals surface area contributed by atoms with E-state index in [0.717, 1.165) is 10.8 Å². The van der Waals surface area contributed by atoms with Crippen LogP contribution >= 0.6 is 11.8 Å². The SMILES string of the molecule is CC1(C)SCCN(S(=O)(=O)c2ccc3ccccc3c2)[C@H]1C(=O)NO. The number of amides is 1. The lowest BCUT2D eigenvalue weighted by atomic mass is 10.0. The molecule has 3 rings (SSSR count). The van der Waals surface area contributed by atoms with Gasteiger partial charge < -0.3 is 0 Å². The number of fused-ring (bicyclic) bond motifs is 1. The Balaban J connectivity index is 2.08. The van der Waals surface area contributed by atoms with Crippen LogP contribution < -0.4 is 5.48 Å². The van der Waals surface area contributed by atoms with Crippen molar-refractivity contribution in [3.8, 4) is 0 Å². The Morgan fingerprint density at radius 2 is 1.92 bits per heavy atom. The number of sulfonamides is 1. The average molecular weight is 380 g/mol. The summed E-state index contributed by atoms with van der Waals surface area (Å²) < 4.78 is 26.9. The number of nitrogens with zero attached hydrogens (tertiary/aromatic N) is 1. The maximum absolute atomic E-state index is 13.2. The second kappa shape index (κ2) is 6.60. The van der Waals surface area contributed by atoms with E-state index >= 15 is 0 Å². The van der Waals surface area contributed by atoms with Gasteiger partial charge in [-0.25, -0.2) is 13.9 Å². The zero-order valence-electron chi connectivity index (χ0n) is 14.0. The van der Waals surface area contributed by atoms with Gasteiger partial charge in [0, 0.05) is 17.0 Å². The summed E-state index contributed by atoms with van der Waals surface area (Å²) in [6.45, 7) is 3.82. The number of rotatable bonds is 3. The second-order valence-electron chi connectivity index (χ2n) is 6.46. The van der Waals surface area contributed by atoms with Gasteiger partial charge in [0.25, 0.3) is 5.91 Å². The van der Waals surface area contributed by atoms with Crippen LogP contribution in [0.1, 0.15) is 13.8 Å². The number of hydrogen-bond acceptors (Lipinski definition) is 5. The lowest BCUT2D eigenvalue weighted by molar-refractivity contribution is -0.134. The highest BCUT2D eigenvalue weighted by Crippen LogP contribution is 2.38. The number of benzene rings is 2. The summed E-state index contributed by atoms with van der Waals surface area (Å²) in [5, 5.41) is 10.8. The molecule has 2 aromatic carbocycles. The van der Waals surface area contributed by atoms with Gasteiger partial charge in [-0.05, 0) is 36.8 Å². The zero-order valence-corrected chi connectivity index (χ0v) is 15.6. The molecule has 2 N–H and O–H groups in total. The van der Waals surface area contributed by atoms with Crippen LogP contribution in [0.15, 0.2) is 47.4 Å².